The van der Waals surface area contributed by atoms with Crippen molar-refractivity contribution in [1.29, 1.82) is 0 Å². The minimum absolute atomic E-state index is 0.0477. The number of carboxylic acids is 1. The molecule has 0 heterocycles. The monoisotopic (exact) mass is 668 g/mol. The summed E-state index contributed by atoms with van der Waals surface area (Å²) in [7, 11) is 1.55. The molecular formula is C36H52N4O8. The second kappa shape index (κ2) is 19.4. The molecule has 6 N–H and O–H groups in total. The SMILES string of the molecule is CCC(C)C(NC(=O)CC(O)C(Cc1ccccc1)NC(=O)C(NC(=O)Cc1ccc(OC)cc1)C(C)C)C(=O)NC(C(=O)O)C(C)C. The van der Waals surface area contributed by atoms with E-state index in [-0.39, 0.29) is 36.5 Å². The highest BCUT2D eigenvalue weighted by atomic mass is 16.5. The molecule has 2 rings (SSSR count). The number of benzene rings is 2. The molecule has 48 heavy (non-hydrogen) atoms. The Morgan fingerprint density at radius 3 is 1.79 bits per heavy atom. The summed E-state index contributed by atoms with van der Waals surface area (Å²) in [5.41, 5.74) is 1.55. The number of methoxy groups -OCH3 is 1. The topological polar surface area (TPSA) is 183 Å². The number of hydrogen-bond acceptors (Lipinski definition) is 7. The van der Waals surface area contributed by atoms with E-state index in [1.807, 2.05) is 37.3 Å². The third-order valence-electron chi connectivity index (χ3n) is 8.32. The van der Waals surface area contributed by atoms with Crippen LogP contribution in [0, 0.1) is 17.8 Å². The van der Waals surface area contributed by atoms with Crippen LogP contribution in [0.1, 0.15) is 65.5 Å². The molecule has 0 spiro atoms. The number of hydrogen-bond donors (Lipinski definition) is 6. The highest BCUT2D eigenvalue weighted by Crippen LogP contribution is 2.15. The van der Waals surface area contributed by atoms with E-state index in [1.54, 1.807) is 66.0 Å². The molecule has 0 aromatic heterocycles. The zero-order valence-corrected chi connectivity index (χ0v) is 29.0. The molecule has 0 radical (unpaired) electrons. The first-order valence-electron chi connectivity index (χ1n) is 16.4. The van der Waals surface area contributed by atoms with Crippen LogP contribution >= 0.6 is 0 Å². The van der Waals surface area contributed by atoms with E-state index in [4.69, 9.17) is 4.74 Å². The molecular weight excluding hydrogens is 616 g/mol. The Balaban J connectivity index is 2.20. The fourth-order valence-corrected chi connectivity index (χ4v) is 5.14. The molecule has 0 aliphatic rings. The number of carboxylic acid groups (broad SMARTS) is 1. The van der Waals surface area contributed by atoms with E-state index in [0.717, 1.165) is 11.1 Å². The van der Waals surface area contributed by atoms with Crippen LogP contribution < -0.4 is 26.0 Å². The van der Waals surface area contributed by atoms with Crippen LogP contribution in [0.25, 0.3) is 0 Å². The number of carbonyl (C=O) groups is 5. The van der Waals surface area contributed by atoms with Gasteiger partial charge in [0.1, 0.15) is 23.9 Å². The van der Waals surface area contributed by atoms with Gasteiger partial charge >= 0.3 is 5.97 Å². The number of aliphatic carboxylic acids is 1. The van der Waals surface area contributed by atoms with Gasteiger partial charge in [0.25, 0.3) is 0 Å². The molecule has 4 amide bonds. The van der Waals surface area contributed by atoms with Crippen molar-refractivity contribution < 1.29 is 38.9 Å². The molecule has 0 aliphatic carbocycles. The van der Waals surface area contributed by atoms with E-state index < -0.39 is 60.4 Å². The Labute approximate surface area is 283 Å². The Morgan fingerprint density at radius 1 is 0.708 bits per heavy atom. The number of aliphatic hydroxyl groups excluding tert-OH is 1. The van der Waals surface area contributed by atoms with Crippen LogP contribution in [0.5, 0.6) is 5.75 Å². The lowest BCUT2D eigenvalue weighted by atomic mass is 9.95. The van der Waals surface area contributed by atoms with Crippen molar-refractivity contribution in [2.45, 2.75) is 97.5 Å². The number of ether oxygens (including phenoxy) is 1. The van der Waals surface area contributed by atoms with Crippen molar-refractivity contribution in [2.75, 3.05) is 7.11 Å². The predicted octanol–water partition coefficient (Wildman–Crippen LogP) is 2.61. The van der Waals surface area contributed by atoms with E-state index in [2.05, 4.69) is 21.3 Å². The van der Waals surface area contributed by atoms with Gasteiger partial charge in [-0.05, 0) is 47.4 Å². The molecule has 0 fully saturated rings. The van der Waals surface area contributed by atoms with Gasteiger partial charge in [0.05, 0.1) is 32.1 Å². The fraction of sp³-hybridized carbons (Fsp3) is 0.528. The number of nitrogens with one attached hydrogen (secondary N) is 4. The summed E-state index contributed by atoms with van der Waals surface area (Å²) in [6.07, 6.45) is -1.05. The average Bonchev–Trinajstić information content (AvgIpc) is 3.04. The van der Waals surface area contributed by atoms with E-state index in [1.165, 1.54) is 0 Å². The highest BCUT2D eigenvalue weighted by molar-refractivity contribution is 5.91. The minimum atomic E-state index is -1.36. The smallest absolute Gasteiger partial charge is 0.326 e. The highest BCUT2D eigenvalue weighted by Gasteiger charge is 2.33. The van der Waals surface area contributed by atoms with Crippen molar-refractivity contribution in [2.24, 2.45) is 17.8 Å². The largest absolute Gasteiger partial charge is 0.497 e. The van der Waals surface area contributed by atoms with Gasteiger partial charge in [-0.3, -0.25) is 19.2 Å². The molecule has 12 nitrogen and oxygen atoms in total. The predicted molar refractivity (Wildman–Crippen MR) is 182 cm³/mol. The molecule has 2 aromatic carbocycles. The molecule has 0 saturated heterocycles. The molecule has 2 aromatic rings. The zero-order chi connectivity index (χ0) is 36.0. The average molecular weight is 669 g/mol. The summed E-state index contributed by atoms with van der Waals surface area (Å²) in [4.78, 5) is 64.6. The summed E-state index contributed by atoms with van der Waals surface area (Å²) >= 11 is 0. The maximum atomic E-state index is 13.6. The van der Waals surface area contributed by atoms with Gasteiger partial charge in [-0.1, -0.05) is 90.4 Å². The van der Waals surface area contributed by atoms with Crippen LogP contribution in [0.4, 0.5) is 0 Å². The molecule has 6 unspecified atom stereocenters. The van der Waals surface area contributed by atoms with Gasteiger partial charge in [-0.15, -0.1) is 0 Å². The second-order valence-corrected chi connectivity index (χ2v) is 12.9. The summed E-state index contributed by atoms with van der Waals surface area (Å²) in [6.45, 7) is 10.5. The van der Waals surface area contributed by atoms with Gasteiger partial charge in [0.15, 0.2) is 0 Å². The minimum Gasteiger partial charge on any atom is -0.497 e. The van der Waals surface area contributed by atoms with Gasteiger partial charge < -0.3 is 36.2 Å². The summed E-state index contributed by atoms with van der Waals surface area (Å²) in [5.74, 6) is -3.67. The van der Waals surface area contributed by atoms with Crippen molar-refractivity contribution in [3.05, 3.63) is 65.7 Å². The van der Waals surface area contributed by atoms with Gasteiger partial charge in [-0.25, -0.2) is 4.79 Å². The van der Waals surface area contributed by atoms with Gasteiger partial charge in [-0.2, -0.15) is 0 Å². The number of carbonyl (C=O) groups excluding carboxylic acids is 4. The Kier molecular flexibility index (Phi) is 16.0. The Bertz CT molecular complexity index is 1350. The zero-order valence-electron chi connectivity index (χ0n) is 29.0. The quantitative estimate of drug-likeness (QED) is 0.132. The number of amides is 4. The third-order valence-corrected chi connectivity index (χ3v) is 8.32. The number of aliphatic hydroxyl groups is 1. The van der Waals surface area contributed by atoms with Gasteiger partial charge in [0.2, 0.25) is 23.6 Å². The molecule has 6 atom stereocenters. The molecule has 0 aliphatic heterocycles. The Morgan fingerprint density at radius 2 is 1.27 bits per heavy atom. The molecule has 0 saturated carbocycles. The lowest BCUT2D eigenvalue weighted by Crippen LogP contribution is -2.57. The first kappa shape index (κ1) is 39.7. The van der Waals surface area contributed by atoms with Crippen LogP contribution in [-0.2, 0) is 36.8 Å². The molecule has 0 bridgehead atoms. The van der Waals surface area contributed by atoms with Crippen molar-refractivity contribution in [1.82, 2.24) is 21.3 Å². The molecule has 264 valence electrons. The maximum absolute atomic E-state index is 13.6. The summed E-state index contributed by atoms with van der Waals surface area (Å²) in [6, 6.07) is 12.2. The summed E-state index contributed by atoms with van der Waals surface area (Å²) < 4.78 is 5.16. The first-order chi connectivity index (χ1) is 22.7. The lowest BCUT2D eigenvalue weighted by molar-refractivity contribution is -0.143. The third kappa shape index (κ3) is 12.6. The Hall–Kier alpha value is -4.45. The van der Waals surface area contributed by atoms with E-state index in [0.29, 0.717) is 12.2 Å². The fourth-order valence-electron chi connectivity index (χ4n) is 5.14. The maximum Gasteiger partial charge on any atom is 0.326 e. The first-order valence-corrected chi connectivity index (χ1v) is 16.4. The van der Waals surface area contributed by atoms with Crippen molar-refractivity contribution >= 4 is 29.6 Å². The molecule has 12 heteroatoms. The van der Waals surface area contributed by atoms with Crippen molar-refractivity contribution in [3.63, 3.8) is 0 Å². The standard InChI is InChI=1S/C36H52N4O8/c1-8-23(6)33(35(45)40-32(22(4)5)36(46)47)39-30(43)20-28(41)27(18-24-12-10-9-11-13-24)37-34(44)31(21(2)3)38-29(42)19-25-14-16-26(48-7)17-15-25/h9-17,21-23,27-28,31-33,41H,8,18-20H2,1-7H3,(H,37,44)(H,38,42)(H,39,43)(H,40,45)(H,46,47). The number of rotatable bonds is 19. The summed E-state index contributed by atoms with van der Waals surface area (Å²) in [5, 5.41) is 31.7. The van der Waals surface area contributed by atoms with Crippen LogP contribution in [0.3, 0.4) is 0 Å². The van der Waals surface area contributed by atoms with Crippen LogP contribution in [0.15, 0.2) is 54.6 Å². The van der Waals surface area contributed by atoms with Crippen LogP contribution in [0.2, 0.25) is 0 Å². The van der Waals surface area contributed by atoms with E-state index >= 15 is 0 Å². The van der Waals surface area contributed by atoms with Crippen LogP contribution in [-0.4, -0.2) is 77.2 Å². The normalized spacial score (nSPS) is 15.0. The van der Waals surface area contributed by atoms with Crippen molar-refractivity contribution in [3.8, 4) is 5.75 Å². The lowest BCUT2D eigenvalue weighted by Gasteiger charge is -2.30. The second-order valence-electron chi connectivity index (χ2n) is 12.9. The van der Waals surface area contributed by atoms with E-state index in [9.17, 15) is 34.2 Å². The van der Waals surface area contributed by atoms with Gasteiger partial charge in [0, 0.05) is 0 Å².